The number of amides is 1. The molecule has 2 N–H and O–H groups in total. The quantitative estimate of drug-likeness (QED) is 0.879. The van der Waals surface area contributed by atoms with E-state index in [1.54, 1.807) is 0 Å². The van der Waals surface area contributed by atoms with Crippen LogP contribution in [0, 0.1) is 12.8 Å². The van der Waals surface area contributed by atoms with Crippen molar-refractivity contribution in [3.63, 3.8) is 0 Å². The number of alkyl carbamates (subject to hydrolysis) is 1. The fraction of sp³-hybridized carbons (Fsp3) is 0.650. The van der Waals surface area contributed by atoms with Crippen molar-refractivity contribution >= 4 is 6.09 Å². The number of hydrogen-bond donors (Lipinski definition) is 2. The maximum absolute atomic E-state index is 12.2. The summed E-state index contributed by atoms with van der Waals surface area (Å²) in [7, 11) is 0. The average Bonchev–Trinajstić information content (AvgIpc) is 2.53. The molecule has 5 nitrogen and oxygen atoms in total. The third-order valence-electron chi connectivity index (χ3n) is 5.09. The number of fused-ring (bicyclic) bond motifs is 1. The number of carbonyl (C=O) groups is 1. The summed E-state index contributed by atoms with van der Waals surface area (Å²) in [4.78, 5) is 12.2. The molecule has 1 aromatic carbocycles. The topological polar surface area (TPSA) is 59.6 Å². The van der Waals surface area contributed by atoms with Gasteiger partial charge in [0.1, 0.15) is 5.60 Å². The van der Waals surface area contributed by atoms with Crippen LogP contribution in [0.4, 0.5) is 4.79 Å². The van der Waals surface area contributed by atoms with E-state index in [1.807, 2.05) is 20.8 Å². The van der Waals surface area contributed by atoms with Crippen molar-refractivity contribution in [2.45, 2.75) is 70.9 Å². The summed E-state index contributed by atoms with van der Waals surface area (Å²) >= 11 is 0. The molecule has 5 heteroatoms. The van der Waals surface area contributed by atoms with E-state index in [0.29, 0.717) is 5.92 Å². The fourth-order valence-corrected chi connectivity index (χ4v) is 3.83. The first-order valence-electron chi connectivity index (χ1n) is 9.24. The van der Waals surface area contributed by atoms with Crippen molar-refractivity contribution in [1.29, 1.82) is 0 Å². The molecule has 1 amide bonds. The van der Waals surface area contributed by atoms with Gasteiger partial charge >= 0.3 is 6.09 Å². The van der Waals surface area contributed by atoms with Crippen LogP contribution >= 0.6 is 0 Å². The highest BCUT2D eigenvalue weighted by atomic mass is 16.6. The summed E-state index contributed by atoms with van der Waals surface area (Å²) in [5.74, 6) is 0.371. The number of aryl methyl sites for hydroxylation is 1. The van der Waals surface area contributed by atoms with E-state index >= 15 is 0 Å². The molecule has 4 atom stereocenters. The van der Waals surface area contributed by atoms with E-state index in [-0.39, 0.29) is 24.3 Å². The molecule has 0 bridgehead atoms. The van der Waals surface area contributed by atoms with E-state index in [0.717, 1.165) is 26.0 Å². The normalized spacial score (nSPS) is 28.6. The van der Waals surface area contributed by atoms with Gasteiger partial charge < -0.3 is 20.1 Å². The van der Waals surface area contributed by atoms with E-state index < -0.39 is 5.60 Å². The Morgan fingerprint density at radius 3 is 2.76 bits per heavy atom. The van der Waals surface area contributed by atoms with Crippen LogP contribution in [0.2, 0.25) is 0 Å². The third kappa shape index (κ3) is 4.33. The average molecular weight is 346 g/mol. The summed E-state index contributed by atoms with van der Waals surface area (Å²) in [6.07, 6.45) is 1.98. The Bertz CT molecular complexity index is 611. The van der Waals surface area contributed by atoms with Crippen LogP contribution in [0.15, 0.2) is 24.3 Å². The highest BCUT2D eigenvalue weighted by Gasteiger charge is 2.53. The standard InChI is InChI=1S/C20H30N2O3/c1-13-8-5-6-9-14(13)12-21-17-16(15-10-7-11-24-18(15)17)22-19(23)25-20(2,3)4/h5-6,8-9,15-18,21H,7,10-12H2,1-4H3,(H,22,23). The first-order valence-corrected chi connectivity index (χ1v) is 9.24. The Hall–Kier alpha value is -1.59. The smallest absolute Gasteiger partial charge is 0.407 e. The van der Waals surface area contributed by atoms with Gasteiger partial charge in [0.2, 0.25) is 0 Å². The molecule has 0 aromatic heterocycles. The molecule has 3 rings (SSSR count). The number of carbonyl (C=O) groups excluding carboxylic acids is 1. The third-order valence-corrected chi connectivity index (χ3v) is 5.09. The van der Waals surface area contributed by atoms with Crippen molar-refractivity contribution in [2.24, 2.45) is 5.92 Å². The van der Waals surface area contributed by atoms with Gasteiger partial charge in [-0.15, -0.1) is 0 Å². The highest BCUT2D eigenvalue weighted by Crippen LogP contribution is 2.38. The van der Waals surface area contributed by atoms with E-state index in [1.165, 1.54) is 11.1 Å². The molecule has 2 aliphatic rings. The lowest BCUT2D eigenvalue weighted by Gasteiger charge is -2.54. The second kappa shape index (κ2) is 7.34. The van der Waals surface area contributed by atoms with Crippen LogP contribution in [0.25, 0.3) is 0 Å². The minimum Gasteiger partial charge on any atom is -0.444 e. The van der Waals surface area contributed by atoms with E-state index in [2.05, 4.69) is 41.8 Å². The van der Waals surface area contributed by atoms with Crippen LogP contribution in [0.5, 0.6) is 0 Å². The molecule has 0 spiro atoms. The van der Waals surface area contributed by atoms with Crippen LogP contribution in [0.1, 0.15) is 44.7 Å². The fourth-order valence-electron chi connectivity index (χ4n) is 3.83. The minimum atomic E-state index is -0.486. The van der Waals surface area contributed by atoms with E-state index in [4.69, 9.17) is 9.47 Å². The maximum Gasteiger partial charge on any atom is 0.407 e. The molecule has 4 unspecified atom stereocenters. The molecule has 138 valence electrons. The molecular weight excluding hydrogens is 316 g/mol. The van der Waals surface area contributed by atoms with Crippen molar-refractivity contribution < 1.29 is 14.3 Å². The lowest BCUT2D eigenvalue weighted by Crippen LogP contribution is -2.73. The summed E-state index contributed by atoms with van der Waals surface area (Å²) in [6, 6.07) is 8.54. The van der Waals surface area contributed by atoms with Gasteiger partial charge in [0.15, 0.2) is 0 Å². The van der Waals surface area contributed by atoms with Crippen LogP contribution in [-0.2, 0) is 16.0 Å². The van der Waals surface area contributed by atoms with Crippen molar-refractivity contribution in [3.8, 4) is 0 Å². The van der Waals surface area contributed by atoms with Gasteiger partial charge in [-0.25, -0.2) is 4.79 Å². The van der Waals surface area contributed by atoms with Gasteiger partial charge in [0.25, 0.3) is 0 Å². The Balaban J connectivity index is 1.63. The van der Waals surface area contributed by atoms with Gasteiger partial charge in [-0.2, -0.15) is 0 Å². The Labute approximate surface area is 150 Å². The summed E-state index contributed by atoms with van der Waals surface area (Å²) in [5, 5.41) is 6.67. The second-order valence-corrected chi connectivity index (χ2v) is 8.15. The van der Waals surface area contributed by atoms with Crippen molar-refractivity contribution in [3.05, 3.63) is 35.4 Å². The molecular formula is C20H30N2O3. The molecule has 1 heterocycles. The van der Waals surface area contributed by atoms with E-state index in [9.17, 15) is 4.79 Å². The molecule has 1 aromatic rings. The molecule has 1 aliphatic heterocycles. The largest absolute Gasteiger partial charge is 0.444 e. The summed E-state index contributed by atoms with van der Waals surface area (Å²) in [5.41, 5.74) is 2.06. The second-order valence-electron chi connectivity index (χ2n) is 8.15. The van der Waals surface area contributed by atoms with Crippen LogP contribution in [0.3, 0.4) is 0 Å². The van der Waals surface area contributed by atoms with Crippen molar-refractivity contribution in [2.75, 3.05) is 6.61 Å². The molecule has 1 aliphatic carbocycles. The van der Waals surface area contributed by atoms with Gasteiger partial charge in [0.05, 0.1) is 18.2 Å². The summed E-state index contributed by atoms with van der Waals surface area (Å²) < 4.78 is 11.4. The predicted octanol–water partition coefficient (Wildman–Crippen LogP) is 3.16. The number of ether oxygens (including phenoxy) is 2. The zero-order valence-electron chi connectivity index (χ0n) is 15.7. The number of rotatable bonds is 4. The Morgan fingerprint density at radius 1 is 1.28 bits per heavy atom. The first kappa shape index (κ1) is 18.2. The SMILES string of the molecule is Cc1ccccc1CNC1C(NC(=O)OC(C)(C)C)C2CCCOC21. The number of benzene rings is 1. The lowest BCUT2D eigenvalue weighted by atomic mass is 9.68. The number of nitrogens with one attached hydrogen (secondary N) is 2. The minimum absolute atomic E-state index is 0.0594. The zero-order valence-corrected chi connectivity index (χ0v) is 15.7. The van der Waals surface area contributed by atoms with Crippen LogP contribution in [-0.4, -0.2) is 36.5 Å². The van der Waals surface area contributed by atoms with Crippen LogP contribution < -0.4 is 10.6 Å². The Kier molecular flexibility index (Phi) is 5.35. The number of hydrogen-bond acceptors (Lipinski definition) is 4. The molecule has 0 radical (unpaired) electrons. The molecule has 25 heavy (non-hydrogen) atoms. The summed E-state index contributed by atoms with van der Waals surface area (Å²) in [6.45, 7) is 9.35. The highest BCUT2D eigenvalue weighted by molar-refractivity contribution is 5.68. The molecule has 1 saturated heterocycles. The van der Waals surface area contributed by atoms with Gasteiger partial charge in [-0.05, 0) is 51.7 Å². The molecule has 2 fully saturated rings. The monoisotopic (exact) mass is 346 g/mol. The van der Waals surface area contributed by atoms with Gasteiger partial charge in [-0.3, -0.25) is 0 Å². The Morgan fingerprint density at radius 2 is 2.04 bits per heavy atom. The van der Waals surface area contributed by atoms with Crippen molar-refractivity contribution in [1.82, 2.24) is 10.6 Å². The zero-order chi connectivity index (χ0) is 18.0. The predicted molar refractivity (Wildman–Crippen MR) is 97.4 cm³/mol. The maximum atomic E-state index is 12.2. The lowest BCUT2D eigenvalue weighted by molar-refractivity contribution is -0.128. The van der Waals surface area contributed by atoms with Gasteiger partial charge in [-0.1, -0.05) is 24.3 Å². The molecule has 1 saturated carbocycles. The van der Waals surface area contributed by atoms with Gasteiger partial charge in [0, 0.05) is 19.1 Å². The first-order chi connectivity index (χ1) is 11.8.